The Morgan fingerprint density at radius 2 is 2.07 bits per heavy atom. The standard InChI is InChI=1S/C14H17N/c15-14-7-3-6-12-8-10-4-1-2-5-11(10)9-13(12)14/h1-2,4-5,8,13-14H,3,6-7,9,15H2. The normalized spacial score (nSPS) is 29.0. The Morgan fingerprint density at radius 3 is 3.00 bits per heavy atom. The van der Waals surface area contributed by atoms with Crippen molar-refractivity contribution in [2.45, 2.75) is 31.7 Å². The molecule has 0 aliphatic heterocycles. The van der Waals surface area contributed by atoms with Crippen molar-refractivity contribution in [3.05, 3.63) is 41.0 Å². The molecule has 2 unspecified atom stereocenters. The fraction of sp³-hybridized carbons (Fsp3) is 0.429. The van der Waals surface area contributed by atoms with Gasteiger partial charge in [0.15, 0.2) is 0 Å². The third kappa shape index (κ3) is 1.51. The Kier molecular flexibility index (Phi) is 2.14. The predicted molar refractivity (Wildman–Crippen MR) is 63.4 cm³/mol. The van der Waals surface area contributed by atoms with Crippen molar-refractivity contribution in [2.75, 3.05) is 0 Å². The lowest BCUT2D eigenvalue weighted by atomic mass is 9.73. The van der Waals surface area contributed by atoms with Gasteiger partial charge in [-0.1, -0.05) is 35.9 Å². The number of benzene rings is 1. The molecule has 0 heterocycles. The second-order valence-corrected chi connectivity index (χ2v) is 4.78. The Balaban J connectivity index is 2.03. The maximum absolute atomic E-state index is 6.21. The van der Waals surface area contributed by atoms with E-state index in [9.17, 15) is 0 Å². The highest BCUT2D eigenvalue weighted by atomic mass is 14.7. The van der Waals surface area contributed by atoms with E-state index in [4.69, 9.17) is 5.73 Å². The van der Waals surface area contributed by atoms with Crippen molar-refractivity contribution < 1.29 is 0 Å². The average Bonchev–Trinajstić information content (AvgIpc) is 2.27. The second-order valence-electron chi connectivity index (χ2n) is 4.78. The fourth-order valence-corrected chi connectivity index (χ4v) is 2.96. The molecule has 2 N–H and O–H groups in total. The fourth-order valence-electron chi connectivity index (χ4n) is 2.96. The van der Waals surface area contributed by atoms with E-state index in [2.05, 4.69) is 30.3 Å². The predicted octanol–water partition coefficient (Wildman–Crippen LogP) is 2.75. The van der Waals surface area contributed by atoms with Gasteiger partial charge in [-0.05, 0) is 42.7 Å². The molecule has 1 fully saturated rings. The van der Waals surface area contributed by atoms with Crippen molar-refractivity contribution in [3.63, 3.8) is 0 Å². The van der Waals surface area contributed by atoms with Gasteiger partial charge < -0.3 is 5.73 Å². The minimum Gasteiger partial charge on any atom is -0.327 e. The molecule has 1 heteroatoms. The summed E-state index contributed by atoms with van der Waals surface area (Å²) in [5, 5.41) is 0. The first-order chi connectivity index (χ1) is 7.34. The van der Waals surface area contributed by atoms with Gasteiger partial charge in [0.2, 0.25) is 0 Å². The molecular formula is C14H17N. The van der Waals surface area contributed by atoms with Crippen LogP contribution in [-0.2, 0) is 6.42 Å². The van der Waals surface area contributed by atoms with E-state index in [1.165, 1.54) is 30.4 Å². The summed E-state index contributed by atoms with van der Waals surface area (Å²) in [5.74, 6) is 0.619. The zero-order valence-electron chi connectivity index (χ0n) is 8.95. The van der Waals surface area contributed by atoms with E-state index in [-0.39, 0.29) is 0 Å². The van der Waals surface area contributed by atoms with Crippen LogP contribution in [0.2, 0.25) is 0 Å². The SMILES string of the molecule is NC1CCCC2=Cc3ccccc3CC21. The number of nitrogens with two attached hydrogens (primary N) is 1. The van der Waals surface area contributed by atoms with Crippen LogP contribution in [0.25, 0.3) is 6.08 Å². The molecule has 1 aromatic carbocycles. The minimum atomic E-state index is 0.387. The van der Waals surface area contributed by atoms with Crippen LogP contribution in [0.15, 0.2) is 29.8 Å². The van der Waals surface area contributed by atoms with Gasteiger partial charge in [0.05, 0.1) is 0 Å². The number of rotatable bonds is 0. The first-order valence-corrected chi connectivity index (χ1v) is 5.88. The topological polar surface area (TPSA) is 26.0 Å². The summed E-state index contributed by atoms with van der Waals surface area (Å²) in [4.78, 5) is 0. The largest absolute Gasteiger partial charge is 0.327 e. The Bertz CT molecular complexity index is 406. The Hall–Kier alpha value is -1.08. The molecule has 3 rings (SSSR count). The molecule has 0 radical (unpaired) electrons. The number of fused-ring (bicyclic) bond motifs is 2. The van der Waals surface area contributed by atoms with Crippen LogP contribution in [0.3, 0.4) is 0 Å². The molecule has 15 heavy (non-hydrogen) atoms. The van der Waals surface area contributed by atoms with E-state index in [1.54, 1.807) is 5.57 Å². The molecule has 0 saturated heterocycles. The van der Waals surface area contributed by atoms with E-state index in [0.29, 0.717) is 12.0 Å². The lowest BCUT2D eigenvalue weighted by Gasteiger charge is -2.34. The van der Waals surface area contributed by atoms with Gasteiger partial charge in [-0.15, -0.1) is 0 Å². The van der Waals surface area contributed by atoms with Crippen LogP contribution >= 0.6 is 0 Å². The van der Waals surface area contributed by atoms with Crippen LogP contribution in [0.5, 0.6) is 0 Å². The monoisotopic (exact) mass is 199 g/mol. The van der Waals surface area contributed by atoms with Gasteiger partial charge in [-0.2, -0.15) is 0 Å². The zero-order valence-corrected chi connectivity index (χ0v) is 8.95. The molecule has 0 aromatic heterocycles. The smallest absolute Gasteiger partial charge is 0.0108 e. The summed E-state index contributed by atoms with van der Waals surface area (Å²) in [7, 11) is 0. The highest BCUT2D eigenvalue weighted by molar-refractivity contribution is 5.60. The molecular weight excluding hydrogens is 182 g/mol. The molecule has 0 amide bonds. The van der Waals surface area contributed by atoms with Gasteiger partial charge in [0.1, 0.15) is 0 Å². The van der Waals surface area contributed by atoms with Gasteiger partial charge in [0.25, 0.3) is 0 Å². The first-order valence-electron chi connectivity index (χ1n) is 5.88. The van der Waals surface area contributed by atoms with Gasteiger partial charge in [0, 0.05) is 6.04 Å². The van der Waals surface area contributed by atoms with Crippen molar-refractivity contribution in [3.8, 4) is 0 Å². The van der Waals surface area contributed by atoms with Crippen LogP contribution in [0, 0.1) is 5.92 Å². The second kappa shape index (κ2) is 3.49. The maximum atomic E-state index is 6.21. The minimum absolute atomic E-state index is 0.387. The van der Waals surface area contributed by atoms with Gasteiger partial charge >= 0.3 is 0 Å². The lowest BCUT2D eigenvalue weighted by Crippen LogP contribution is -2.37. The third-order valence-corrected chi connectivity index (χ3v) is 3.83. The van der Waals surface area contributed by atoms with Gasteiger partial charge in [-0.3, -0.25) is 0 Å². The highest BCUT2D eigenvalue weighted by Gasteiger charge is 2.29. The van der Waals surface area contributed by atoms with E-state index in [1.807, 2.05) is 0 Å². The molecule has 2 aliphatic carbocycles. The van der Waals surface area contributed by atoms with Crippen molar-refractivity contribution in [1.82, 2.24) is 0 Å². The Labute approximate surface area is 91.0 Å². The average molecular weight is 199 g/mol. The summed E-state index contributed by atoms with van der Waals surface area (Å²) in [5.41, 5.74) is 10.7. The summed E-state index contributed by atoms with van der Waals surface area (Å²) < 4.78 is 0. The van der Waals surface area contributed by atoms with Crippen LogP contribution in [-0.4, -0.2) is 6.04 Å². The van der Waals surface area contributed by atoms with E-state index >= 15 is 0 Å². The first kappa shape index (κ1) is 9.17. The van der Waals surface area contributed by atoms with E-state index in [0.717, 1.165) is 6.42 Å². The summed E-state index contributed by atoms with van der Waals surface area (Å²) in [6, 6.07) is 9.10. The molecule has 1 saturated carbocycles. The maximum Gasteiger partial charge on any atom is 0.0108 e. The Morgan fingerprint density at radius 1 is 1.20 bits per heavy atom. The summed E-state index contributed by atoms with van der Waals surface area (Å²) >= 11 is 0. The summed E-state index contributed by atoms with van der Waals surface area (Å²) in [6.07, 6.45) is 7.26. The third-order valence-electron chi connectivity index (χ3n) is 3.83. The lowest BCUT2D eigenvalue weighted by molar-refractivity contribution is 0.385. The zero-order chi connectivity index (χ0) is 10.3. The highest BCUT2D eigenvalue weighted by Crippen LogP contribution is 2.37. The molecule has 2 aliphatic rings. The molecule has 1 nitrogen and oxygen atoms in total. The quantitative estimate of drug-likeness (QED) is 0.683. The van der Waals surface area contributed by atoms with E-state index < -0.39 is 0 Å². The molecule has 1 aromatic rings. The number of hydrogen-bond acceptors (Lipinski definition) is 1. The molecule has 78 valence electrons. The van der Waals surface area contributed by atoms with Crippen molar-refractivity contribution >= 4 is 6.08 Å². The van der Waals surface area contributed by atoms with Crippen molar-refractivity contribution in [2.24, 2.45) is 11.7 Å². The molecule has 0 bridgehead atoms. The summed E-state index contributed by atoms with van der Waals surface area (Å²) in [6.45, 7) is 0. The van der Waals surface area contributed by atoms with Crippen LogP contribution in [0.4, 0.5) is 0 Å². The van der Waals surface area contributed by atoms with Gasteiger partial charge in [-0.25, -0.2) is 0 Å². The van der Waals surface area contributed by atoms with Crippen LogP contribution in [0.1, 0.15) is 30.4 Å². The van der Waals surface area contributed by atoms with Crippen LogP contribution < -0.4 is 5.73 Å². The molecule has 0 spiro atoms. The molecule has 2 atom stereocenters. The van der Waals surface area contributed by atoms with Crippen molar-refractivity contribution in [1.29, 1.82) is 0 Å². The number of hydrogen-bond donors (Lipinski definition) is 1.